The molecule has 1 N–H and O–H groups in total. The van der Waals surface area contributed by atoms with Crippen molar-refractivity contribution in [1.29, 1.82) is 0 Å². The zero-order chi connectivity index (χ0) is 13.1. The van der Waals surface area contributed by atoms with E-state index in [-0.39, 0.29) is 25.1 Å². The molecule has 2 aliphatic rings. The number of carbonyl (C=O) groups is 1. The van der Waals surface area contributed by atoms with Gasteiger partial charge < -0.3 is 14.8 Å². The average molecular weight is 299 g/mol. The minimum atomic E-state index is 0. The third kappa shape index (κ3) is 3.35. The lowest BCUT2D eigenvalue weighted by atomic mass is 10.1. The summed E-state index contributed by atoms with van der Waals surface area (Å²) in [4.78, 5) is 14.2. The van der Waals surface area contributed by atoms with E-state index in [4.69, 9.17) is 9.47 Å². The summed E-state index contributed by atoms with van der Waals surface area (Å²) in [6, 6.07) is 5.52. The predicted molar refractivity (Wildman–Crippen MR) is 78.7 cm³/mol. The van der Waals surface area contributed by atoms with Gasteiger partial charge in [-0.1, -0.05) is 12.5 Å². The van der Waals surface area contributed by atoms with Gasteiger partial charge in [-0.3, -0.25) is 9.69 Å². The molecule has 0 atom stereocenters. The number of nitrogens with one attached hydrogen (secondary N) is 1. The van der Waals surface area contributed by atoms with E-state index < -0.39 is 0 Å². The Bertz CT molecular complexity index is 475. The van der Waals surface area contributed by atoms with Gasteiger partial charge in [-0.2, -0.15) is 0 Å². The molecule has 110 valence electrons. The quantitative estimate of drug-likeness (QED) is 0.930. The number of hydrogen-bond acceptors (Lipinski definition) is 4. The Morgan fingerprint density at radius 1 is 1.20 bits per heavy atom. The average Bonchev–Trinajstić information content (AvgIpc) is 2.89. The van der Waals surface area contributed by atoms with Gasteiger partial charge in [0.05, 0.1) is 12.2 Å². The van der Waals surface area contributed by atoms with Gasteiger partial charge in [-0.25, -0.2) is 0 Å². The van der Waals surface area contributed by atoms with Gasteiger partial charge in [0.2, 0.25) is 12.7 Å². The molecule has 0 unspecified atom stereocenters. The van der Waals surface area contributed by atoms with Crippen molar-refractivity contribution in [2.24, 2.45) is 0 Å². The Balaban J connectivity index is 0.00000147. The lowest BCUT2D eigenvalue weighted by molar-refractivity contribution is -0.117. The van der Waals surface area contributed by atoms with Crippen molar-refractivity contribution in [2.75, 3.05) is 31.7 Å². The van der Waals surface area contributed by atoms with Crippen LogP contribution >= 0.6 is 12.4 Å². The number of fused-ring (bicyclic) bond motifs is 1. The zero-order valence-corrected chi connectivity index (χ0v) is 12.1. The molecule has 0 aliphatic carbocycles. The van der Waals surface area contributed by atoms with Crippen LogP contribution in [0.15, 0.2) is 18.2 Å². The molecule has 0 spiro atoms. The first kappa shape index (κ1) is 14.9. The number of ether oxygens (including phenoxy) is 2. The molecule has 3 rings (SSSR count). The highest BCUT2D eigenvalue weighted by Gasteiger charge is 2.20. The van der Waals surface area contributed by atoms with Gasteiger partial charge in [0.1, 0.15) is 0 Å². The van der Waals surface area contributed by atoms with Crippen LogP contribution in [0.5, 0.6) is 11.5 Å². The van der Waals surface area contributed by atoms with E-state index in [1.54, 1.807) is 0 Å². The number of para-hydroxylation sites is 1. The van der Waals surface area contributed by atoms with Crippen LogP contribution in [0.25, 0.3) is 0 Å². The van der Waals surface area contributed by atoms with E-state index in [2.05, 4.69) is 10.2 Å². The Morgan fingerprint density at radius 3 is 2.80 bits per heavy atom. The second-order valence-corrected chi connectivity index (χ2v) is 4.92. The first-order chi connectivity index (χ1) is 9.33. The van der Waals surface area contributed by atoms with Gasteiger partial charge in [-0.15, -0.1) is 12.4 Å². The molecule has 20 heavy (non-hydrogen) atoms. The maximum absolute atomic E-state index is 12.0. The van der Waals surface area contributed by atoms with Crippen LogP contribution in [0.4, 0.5) is 5.69 Å². The molecule has 5 nitrogen and oxygen atoms in total. The SMILES string of the molecule is Cl.O=C(CN1CCCCC1)Nc1cccc2c1OCO2. The lowest BCUT2D eigenvalue weighted by Gasteiger charge is -2.25. The van der Waals surface area contributed by atoms with E-state index in [0.717, 1.165) is 13.1 Å². The maximum Gasteiger partial charge on any atom is 0.238 e. The number of carbonyl (C=O) groups excluding carboxylic acids is 1. The first-order valence-electron chi connectivity index (χ1n) is 6.74. The van der Waals surface area contributed by atoms with Crippen LogP contribution in [0.1, 0.15) is 19.3 Å². The molecule has 0 bridgehead atoms. The van der Waals surface area contributed by atoms with Gasteiger partial charge in [0, 0.05) is 0 Å². The number of halogens is 1. The van der Waals surface area contributed by atoms with Gasteiger partial charge >= 0.3 is 0 Å². The number of piperidine rings is 1. The molecule has 6 heteroatoms. The summed E-state index contributed by atoms with van der Waals surface area (Å²) in [6.45, 7) is 2.69. The molecule has 1 amide bonds. The minimum absolute atomic E-state index is 0. The fraction of sp³-hybridized carbons (Fsp3) is 0.500. The second-order valence-electron chi connectivity index (χ2n) is 4.92. The smallest absolute Gasteiger partial charge is 0.238 e. The highest BCUT2D eigenvalue weighted by molar-refractivity contribution is 5.94. The van der Waals surface area contributed by atoms with Crippen molar-refractivity contribution in [3.63, 3.8) is 0 Å². The van der Waals surface area contributed by atoms with Gasteiger partial charge in [0.15, 0.2) is 11.5 Å². The summed E-state index contributed by atoms with van der Waals surface area (Å²) in [7, 11) is 0. The van der Waals surface area contributed by atoms with Crippen LogP contribution in [0.2, 0.25) is 0 Å². The highest BCUT2D eigenvalue weighted by atomic mass is 35.5. The van der Waals surface area contributed by atoms with E-state index in [1.165, 1.54) is 19.3 Å². The number of nitrogens with zero attached hydrogens (tertiary/aromatic N) is 1. The summed E-state index contributed by atoms with van der Waals surface area (Å²) >= 11 is 0. The van der Waals surface area contributed by atoms with Crippen LogP contribution < -0.4 is 14.8 Å². The number of likely N-dealkylation sites (tertiary alicyclic amines) is 1. The van der Waals surface area contributed by atoms with Crippen molar-refractivity contribution in [3.8, 4) is 11.5 Å². The van der Waals surface area contributed by atoms with Gasteiger partial charge in [0.25, 0.3) is 0 Å². The molecule has 2 heterocycles. The summed E-state index contributed by atoms with van der Waals surface area (Å²) in [5, 5.41) is 2.90. The summed E-state index contributed by atoms with van der Waals surface area (Å²) in [5.41, 5.74) is 0.692. The van der Waals surface area contributed by atoms with Crippen molar-refractivity contribution in [1.82, 2.24) is 4.90 Å². The maximum atomic E-state index is 12.0. The standard InChI is InChI=1S/C14H18N2O3.ClH/c17-13(9-16-7-2-1-3-8-16)15-11-5-4-6-12-14(11)19-10-18-12;/h4-6H,1-3,7-10H2,(H,15,17);1H. The molecule has 2 aliphatic heterocycles. The number of hydrogen-bond donors (Lipinski definition) is 1. The summed E-state index contributed by atoms with van der Waals surface area (Å²) in [6.07, 6.45) is 3.64. The Hall–Kier alpha value is -1.46. The first-order valence-corrected chi connectivity index (χ1v) is 6.74. The summed E-state index contributed by atoms with van der Waals surface area (Å²) in [5.74, 6) is 1.33. The zero-order valence-electron chi connectivity index (χ0n) is 11.3. The fourth-order valence-corrected chi connectivity index (χ4v) is 2.54. The Labute approximate surface area is 124 Å². The van der Waals surface area contributed by atoms with Gasteiger partial charge in [-0.05, 0) is 38.1 Å². The van der Waals surface area contributed by atoms with Crippen LogP contribution in [0.3, 0.4) is 0 Å². The minimum Gasteiger partial charge on any atom is -0.454 e. The third-order valence-corrected chi connectivity index (χ3v) is 3.49. The van der Waals surface area contributed by atoms with E-state index in [1.807, 2.05) is 18.2 Å². The summed E-state index contributed by atoms with van der Waals surface area (Å²) < 4.78 is 10.7. The molecule has 0 saturated carbocycles. The van der Waals surface area contributed by atoms with Crippen molar-refractivity contribution >= 4 is 24.0 Å². The van der Waals surface area contributed by atoms with Crippen molar-refractivity contribution in [3.05, 3.63) is 18.2 Å². The van der Waals surface area contributed by atoms with Crippen molar-refractivity contribution < 1.29 is 14.3 Å². The van der Waals surface area contributed by atoms with E-state index >= 15 is 0 Å². The normalized spacial score (nSPS) is 17.4. The molecule has 0 aromatic heterocycles. The monoisotopic (exact) mass is 298 g/mol. The Kier molecular flexibility index (Phi) is 5.09. The third-order valence-electron chi connectivity index (χ3n) is 3.49. The van der Waals surface area contributed by atoms with Crippen LogP contribution in [-0.4, -0.2) is 37.2 Å². The molecule has 1 saturated heterocycles. The largest absolute Gasteiger partial charge is 0.454 e. The molecule has 1 fully saturated rings. The number of benzene rings is 1. The molecular formula is C14H19ClN2O3. The molecular weight excluding hydrogens is 280 g/mol. The number of rotatable bonds is 3. The Morgan fingerprint density at radius 2 is 2.00 bits per heavy atom. The molecule has 1 aromatic rings. The second kappa shape index (κ2) is 6.81. The number of anilines is 1. The van der Waals surface area contributed by atoms with Crippen molar-refractivity contribution in [2.45, 2.75) is 19.3 Å². The number of amides is 1. The topological polar surface area (TPSA) is 50.8 Å². The fourth-order valence-electron chi connectivity index (χ4n) is 2.54. The highest BCUT2D eigenvalue weighted by Crippen LogP contribution is 2.38. The van der Waals surface area contributed by atoms with E-state index in [9.17, 15) is 4.79 Å². The van der Waals surface area contributed by atoms with E-state index in [0.29, 0.717) is 23.7 Å². The lowest BCUT2D eigenvalue weighted by Crippen LogP contribution is -2.36. The van der Waals surface area contributed by atoms with Crippen LogP contribution in [0, 0.1) is 0 Å². The molecule has 0 radical (unpaired) electrons. The molecule has 1 aromatic carbocycles. The predicted octanol–water partition coefficient (Wildman–Crippen LogP) is 2.26. The van der Waals surface area contributed by atoms with Crippen LogP contribution in [-0.2, 0) is 4.79 Å².